The molecule has 0 saturated heterocycles. The van der Waals surface area contributed by atoms with E-state index in [4.69, 9.17) is 4.74 Å². The molecule has 0 N–H and O–H groups in total. The van der Waals surface area contributed by atoms with E-state index >= 15 is 0 Å². The summed E-state index contributed by atoms with van der Waals surface area (Å²) in [6.45, 7) is 4.70. The lowest BCUT2D eigenvalue weighted by atomic mass is 9.49. The van der Waals surface area contributed by atoms with Crippen molar-refractivity contribution < 1.29 is 4.74 Å². The number of fused-ring (bicyclic) bond motifs is 5. The fraction of sp³-hybridized carbons (Fsp3) is 0.917. The van der Waals surface area contributed by atoms with Gasteiger partial charge in [-0.25, -0.2) is 0 Å². The Morgan fingerprint density at radius 2 is 1.93 bits per heavy atom. The first-order chi connectivity index (χ1) is 13.7. The molecule has 1 aromatic rings. The van der Waals surface area contributed by atoms with Gasteiger partial charge in [-0.2, -0.15) is 0 Å². The molecule has 4 nitrogen and oxygen atoms in total. The van der Waals surface area contributed by atoms with Gasteiger partial charge in [-0.3, -0.25) is 4.68 Å². The number of aryl methyl sites for hydroxylation is 1. The van der Waals surface area contributed by atoms with Crippen molar-refractivity contribution in [2.75, 3.05) is 13.7 Å². The van der Waals surface area contributed by atoms with Crippen LogP contribution in [0.5, 0.6) is 0 Å². The van der Waals surface area contributed by atoms with Crippen molar-refractivity contribution in [3.63, 3.8) is 0 Å². The average molecular weight is 386 g/mol. The molecule has 0 aliphatic heterocycles. The Bertz CT molecular complexity index is 646. The van der Waals surface area contributed by atoms with Crippen molar-refractivity contribution in [3.05, 3.63) is 12.4 Å². The summed E-state index contributed by atoms with van der Waals surface area (Å²) in [5.74, 6) is 6.81. The summed E-state index contributed by atoms with van der Waals surface area (Å²) >= 11 is 0. The Labute approximate surface area is 170 Å². The predicted molar refractivity (Wildman–Crippen MR) is 111 cm³/mol. The summed E-state index contributed by atoms with van der Waals surface area (Å²) in [7, 11) is 1.88. The van der Waals surface area contributed by atoms with Gasteiger partial charge >= 0.3 is 0 Å². The Balaban J connectivity index is 1.25. The number of aromatic nitrogens is 3. The molecule has 4 fully saturated rings. The van der Waals surface area contributed by atoms with Crippen LogP contribution in [0.4, 0.5) is 0 Å². The van der Waals surface area contributed by atoms with Crippen LogP contribution in [0.2, 0.25) is 0 Å². The molecule has 5 rings (SSSR count). The van der Waals surface area contributed by atoms with Crippen LogP contribution in [0.1, 0.15) is 71.1 Å². The molecule has 0 aromatic carbocycles. The van der Waals surface area contributed by atoms with Crippen LogP contribution in [0.15, 0.2) is 12.4 Å². The molecular formula is C24H39N3O. The van der Waals surface area contributed by atoms with E-state index in [1.165, 1.54) is 64.2 Å². The summed E-state index contributed by atoms with van der Waals surface area (Å²) in [4.78, 5) is 0. The lowest BCUT2D eigenvalue weighted by molar-refractivity contribution is -0.0727. The monoisotopic (exact) mass is 385 g/mol. The first-order valence-corrected chi connectivity index (χ1v) is 12.0. The minimum Gasteiger partial charge on any atom is -0.384 e. The molecule has 4 aliphatic rings. The van der Waals surface area contributed by atoms with E-state index in [2.05, 4.69) is 17.2 Å². The van der Waals surface area contributed by atoms with E-state index < -0.39 is 0 Å². The molecule has 8 atom stereocenters. The van der Waals surface area contributed by atoms with Gasteiger partial charge < -0.3 is 4.74 Å². The van der Waals surface area contributed by atoms with Gasteiger partial charge in [-0.1, -0.05) is 12.1 Å². The standard InChI is InChI=1S/C24H39N3O/c1-24-11-9-21-20-6-3-17(16-28-2)15-18(20)4-7-22(21)23(24)8-5-19(24)10-13-27-14-12-25-26-27/h12,14,17-23H,3-11,13,15-16H2,1-2H3/t17-,18+,19+,20-,21?,22+,23?,24+/m0/s1. The number of hydrogen-bond donors (Lipinski definition) is 0. The number of methoxy groups -OCH3 is 1. The highest BCUT2D eigenvalue weighted by molar-refractivity contribution is 5.05. The molecule has 0 amide bonds. The molecule has 0 bridgehead atoms. The maximum Gasteiger partial charge on any atom is 0.0692 e. The third-order valence-corrected chi connectivity index (χ3v) is 9.84. The fourth-order valence-electron chi connectivity index (χ4n) is 8.56. The third-order valence-electron chi connectivity index (χ3n) is 9.84. The van der Waals surface area contributed by atoms with Crippen molar-refractivity contribution >= 4 is 0 Å². The first-order valence-electron chi connectivity index (χ1n) is 12.0. The predicted octanol–water partition coefficient (Wildman–Crippen LogP) is 5.20. The number of ether oxygens (including phenoxy) is 1. The van der Waals surface area contributed by atoms with E-state index in [0.29, 0.717) is 5.41 Å². The van der Waals surface area contributed by atoms with Crippen LogP contribution >= 0.6 is 0 Å². The highest BCUT2D eigenvalue weighted by Gasteiger charge is 2.56. The largest absolute Gasteiger partial charge is 0.384 e. The van der Waals surface area contributed by atoms with Gasteiger partial charge in [0.15, 0.2) is 0 Å². The van der Waals surface area contributed by atoms with Crippen molar-refractivity contribution in [3.8, 4) is 0 Å². The quantitative estimate of drug-likeness (QED) is 0.699. The van der Waals surface area contributed by atoms with Crippen LogP contribution in [-0.4, -0.2) is 28.7 Å². The molecule has 2 unspecified atom stereocenters. The van der Waals surface area contributed by atoms with E-state index in [0.717, 1.165) is 54.6 Å². The van der Waals surface area contributed by atoms with Gasteiger partial charge in [0.1, 0.15) is 0 Å². The minimum absolute atomic E-state index is 0.585. The molecule has 1 heterocycles. The second kappa shape index (κ2) is 7.74. The van der Waals surface area contributed by atoms with Crippen molar-refractivity contribution in [2.24, 2.45) is 46.8 Å². The Hall–Kier alpha value is -0.900. The maximum atomic E-state index is 5.49. The van der Waals surface area contributed by atoms with Crippen LogP contribution in [-0.2, 0) is 11.3 Å². The molecule has 1 aromatic heterocycles. The lowest BCUT2D eigenvalue weighted by Crippen LogP contribution is -2.48. The first kappa shape index (κ1) is 19.1. The fourth-order valence-corrected chi connectivity index (χ4v) is 8.56. The van der Waals surface area contributed by atoms with Gasteiger partial charge in [-0.15, -0.1) is 5.10 Å². The van der Waals surface area contributed by atoms with Crippen molar-refractivity contribution in [1.29, 1.82) is 0 Å². The highest BCUT2D eigenvalue weighted by Crippen LogP contribution is 2.64. The zero-order valence-electron chi connectivity index (χ0n) is 17.9. The van der Waals surface area contributed by atoms with E-state index in [1.807, 2.05) is 24.2 Å². The van der Waals surface area contributed by atoms with E-state index in [-0.39, 0.29) is 0 Å². The molecule has 28 heavy (non-hydrogen) atoms. The van der Waals surface area contributed by atoms with Crippen LogP contribution < -0.4 is 0 Å². The Morgan fingerprint density at radius 3 is 2.75 bits per heavy atom. The summed E-state index contributed by atoms with van der Waals surface area (Å²) < 4.78 is 7.52. The zero-order valence-corrected chi connectivity index (χ0v) is 17.9. The molecule has 0 radical (unpaired) electrons. The van der Waals surface area contributed by atoms with Gasteiger partial charge in [-0.05, 0) is 111 Å². The van der Waals surface area contributed by atoms with Gasteiger partial charge in [0, 0.05) is 26.5 Å². The second-order valence-corrected chi connectivity index (χ2v) is 10.8. The van der Waals surface area contributed by atoms with Crippen molar-refractivity contribution in [2.45, 2.75) is 77.7 Å². The lowest BCUT2D eigenvalue weighted by Gasteiger charge is -2.56. The topological polar surface area (TPSA) is 39.9 Å². The van der Waals surface area contributed by atoms with Crippen LogP contribution in [0.3, 0.4) is 0 Å². The molecule has 0 spiro atoms. The summed E-state index contributed by atoms with van der Waals surface area (Å²) in [6, 6.07) is 0. The van der Waals surface area contributed by atoms with Gasteiger partial charge in [0.2, 0.25) is 0 Å². The van der Waals surface area contributed by atoms with E-state index in [1.54, 1.807) is 0 Å². The number of rotatable bonds is 5. The molecular weight excluding hydrogens is 346 g/mol. The van der Waals surface area contributed by atoms with Gasteiger partial charge in [0.05, 0.1) is 6.20 Å². The summed E-state index contributed by atoms with van der Waals surface area (Å²) in [6.07, 6.45) is 18.4. The molecule has 156 valence electrons. The minimum atomic E-state index is 0.585. The van der Waals surface area contributed by atoms with E-state index in [9.17, 15) is 0 Å². The average Bonchev–Trinajstić information content (AvgIpc) is 3.33. The molecule has 4 aliphatic carbocycles. The number of hydrogen-bond acceptors (Lipinski definition) is 3. The summed E-state index contributed by atoms with van der Waals surface area (Å²) in [5.41, 5.74) is 0.585. The third kappa shape index (κ3) is 3.24. The van der Waals surface area contributed by atoms with Crippen LogP contribution in [0.25, 0.3) is 0 Å². The highest BCUT2D eigenvalue weighted by atomic mass is 16.5. The Kier molecular flexibility index (Phi) is 5.27. The smallest absolute Gasteiger partial charge is 0.0692 e. The Morgan fingerprint density at radius 1 is 1.04 bits per heavy atom. The van der Waals surface area contributed by atoms with Crippen molar-refractivity contribution in [1.82, 2.24) is 15.0 Å². The normalized spacial score (nSPS) is 45.3. The maximum absolute atomic E-state index is 5.49. The van der Waals surface area contributed by atoms with Gasteiger partial charge in [0.25, 0.3) is 0 Å². The van der Waals surface area contributed by atoms with Crippen LogP contribution in [0, 0.1) is 46.8 Å². The number of nitrogens with zero attached hydrogens (tertiary/aromatic N) is 3. The molecule has 4 saturated carbocycles. The summed E-state index contributed by atoms with van der Waals surface area (Å²) in [5, 5.41) is 8.17. The molecule has 4 heteroatoms. The second-order valence-electron chi connectivity index (χ2n) is 10.8. The zero-order chi connectivity index (χ0) is 19.1. The SMILES string of the molecule is COC[C@H]1CC[C@@H]2C3CC[C@@]4(C)C(CC[C@@H]4CCn4ccnn4)[C@@H]3CC[C@@H]2C1.